The SMILES string of the molecule is CC1=C(C(=O)OCC(C)C)C(c2ccc(Cl)c([N+](=O)[O-])c2)NC(=O)N1. The molecule has 0 aromatic heterocycles. The van der Waals surface area contributed by atoms with Gasteiger partial charge in [-0.05, 0) is 24.5 Å². The minimum Gasteiger partial charge on any atom is -0.462 e. The van der Waals surface area contributed by atoms with E-state index >= 15 is 0 Å². The zero-order valence-corrected chi connectivity index (χ0v) is 14.7. The minimum atomic E-state index is -0.871. The summed E-state index contributed by atoms with van der Waals surface area (Å²) >= 11 is 5.83. The van der Waals surface area contributed by atoms with Gasteiger partial charge < -0.3 is 15.4 Å². The zero-order chi connectivity index (χ0) is 18.7. The first-order chi connectivity index (χ1) is 11.7. The molecule has 2 amide bonds. The summed E-state index contributed by atoms with van der Waals surface area (Å²) < 4.78 is 5.25. The molecule has 2 N–H and O–H groups in total. The number of nitrogens with one attached hydrogen (secondary N) is 2. The summed E-state index contributed by atoms with van der Waals surface area (Å²) in [5.41, 5.74) is 0.582. The van der Waals surface area contributed by atoms with Crippen LogP contribution in [0.1, 0.15) is 32.4 Å². The van der Waals surface area contributed by atoms with Crippen molar-refractivity contribution in [3.63, 3.8) is 0 Å². The van der Waals surface area contributed by atoms with Crippen molar-refractivity contribution in [3.05, 3.63) is 50.2 Å². The van der Waals surface area contributed by atoms with Gasteiger partial charge in [0.25, 0.3) is 5.69 Å². The van der Waals surface area contributed by atoms with Crippen molar-refractivity contribution in [2.75, 3.05) is 6.61 Å². The number of hydrogen-bond donors (Lipinski definition) is 2. The van der Waals surface area contributed by atoms with E-state index in [1.807, 2.05) is 13.8 Å². The number of hydrogen-bond acceptors (Lipinski definition) is 5. The Hall–Kier alpha value is -2.61. The van der Waals surface area contributed by atoms with Crippen LogP contribution in [0.4, 0.5) is 10.5 Å². The molecule has 0 radical (unpaired) electrons. The van der Waals surface area contributed by atoms with Gasteiger partial charge in [-0.15, -0.1) is 0 Å². The number of amides is 2. The highest BCUT2D eigenvalue weighted by Crippen LogP contribution is 2.33. The molecule has 0 saturated carbocycles. The van der Waals surface area contributed by atoms with Gasteiger partial charge in [0.2, 0.25) is 0 Å². The lowest BCUT2D eigenvalue weighted by atomic mass is 9.95. The molecule has 1 aromatic carbocycles. The summed E-state index contributed by atoms with van der Waals surface area (Å²) in [6.07, 6.45) is 0. The van der Waals surface area contributed by atoms with Gasteiger partial charge in [-0.1, -0.05) is 31.5 Å². The maximum atomic E-state index is 12.5. The summed E-state index contributed by atoms with van der Waals surface area (Å²) in [6.45, 7) is 5.59. The second-order valence-corrected chi connectivity index (χ2v) is 6.44. The number of nitro benzene ring substituents is 1. The Labute approximate surface area is 149 Å². The molecule has 8 nitrogen and oxygen atoms in total. The van der Waals surface area contributed by atoms with E-state index in [0.29, 0.717) is 11.3 Å². The molecule has 1 heterocycles. The summed E-state index contributed by atoms with van der Waals surface area (Å²) in [5, 5.41) is 16.2. The molecule has 1 aromatic rings. The summed E-state index contributed by atoms with van der Waals surface area (Å²) in [7, 11) is 0. The predicted molar refractivity (Wildman–Crippen MR) is 91.0 cm³/mol. The topological polar surface area (TPSA) is 111 Å². The van der Waals surface area contributed by atoms with Crippen LogP contribution in [0.25, 0.3) is 0 Å². The van der Waals surface area contributed by atoms with Gasteiger partial charge >= 0.3 is 12.0 Å². The quantitative estimate of drug-likeness (QED) is 0.472. The summed E-state index contributed by atoms with van der Waals surface area (Å²) in [5.74, 6) is -0.452. The van der Waals surface area contributed by atoms with E-state index in [0.717, 1.165) is 0 Å². The fraction of sp³-hybridized carbons (Fsp3) is 0.375. The van der Waals surface area contributed by atoms with Crippen LogP contribution >= 0.6 is 11.6 Å². The van der Waals surface area contributed by atoms with Crippen LogP contribution in [-0.2, 0) is 9.53 Å². The van der Waals surface area contributed by atoms with Crippen LogP contribution in [0.2, 0.25) is 5.02 Å². The highest BCUT2D eigenvalue weighted by Gasteiger charge is 2.33. The number of esters is 1. The molecule has 0 aliphatic carbocycles. The third-order valence-electron chi connectivity index (χ3n) is 3.54. The third kappa shape index (κ3) is 4.27. The fourth-order valence-corrected chi connectivity index (χ4v) is 2.57. The summed E-state index contributed by atoms with van der Waals surface area (Å²) in [6, 6.07) is 2.73. The van der Waals surface area contributed by atoms with Gasteiger partial charge in [-0.2, -0.15) is 0 Å². The van der Waals surface area contributed by atoms with Gasteiger partial charge in [-0.25, -0.2) is 9.59 Å². The lowest BCUT2D eigenvalue weighted by Gasteiger charge is -2.28. The second-order valence-electron chi connectivity index (χ2n) is 6.03. The van der Waals surface area contributed by atoms with Crippen LogP contribution in [-0.4, -0.2) is 23.5 Å². The largest absolute Gasteiger partial charge is 0.462 e. The number of ether oxygens (including phenoxy) is 1. The Bertz CT molecular complexity index is 760. The first-order valence-corrected chi connectivity index (χ1v) is 7.97. The van der Waals surface area contributed by atoms with Crippen molar-refractivity contribution in [3.8, 4) is 0 Å². The maximum absolute atomic E-state index is 12.5. The number of nitro groups is 1. The molecule has 0 spiro atoms. The van der Waals surface area contributed by atoms with Gasteiger partial charge in [0.1, 0.15) is 5.02 Å². The van der Waals surface area contributed by atoms with Crippen molar-refractivity contribution in [2.45, 2.75) is 26.8 Å². The van der Waals surface area contributed by atoms with Crippen LogP contribution in [0.5, 0.6) is 0 Å². The molecule has 2 rings (SSSR count). The number of carbonyl (C=O) groups excluding carboxylic acids is 2. The molecular formula is C16H18ClN3O5. The van der Waals surface area contributed by atoms with Crippen LogP contribution in [0.15, 0.2) is 29.5 Å². The van der Waals surface area contributed by atoms with Crippen molar-refractivity contribution in [2.24, 2.45) is 5.92 Å². The molecule has 0 saturated heterocycles. The lowest BCUT2D eigenvalue weighted by molar-refractivity contribution is -0.384. The van der Waals surface area contributed by atoms with Gasteiger partial charge in [0.05, 0.1) is 23.1 Å². The molecular weight excluding hydrogens is 350 g/mol. The average Bonchev–Trinajstić information content (AvgIpc) is 2.52. The third-order valence-corrected chi connectivity index (χ3v) is 3.86. The smallest absolute Gasteiger partial charge is 0.338 e. The standard InChI is InChI=1S/C16H18ClN3O5/c1-8(2)7-25-15(21)13-9(3)18-16(22)19-14(13)10-4-5-11(17)12(6-10)20(23)24/h4-6,8,14H,7H2,1-3H3,(H2,18,19,22). The highest BCUT2D eigenvalue weighted by molar-refractivity contribution is 6.32. The number of urea groups is 1. The van der Waals surface area contributed by atoms with Crippen molar-refractivity contribution in [1.29, 1.82) is 0 Å². The van der Waals surface area contributed by atoms with Crippen molar-refractivity contribution >= 4 is 29.3 Å². The summed E-state index contributed by atoms with van der Waals surface area (Å²) in [4.78, 5) is 34.7. The molecule has 1 atom stereocenters. The molecule has 0 bridgehead atoms. The normalized spacial score (nSPS) is 17.2. The van der Waals surface area contributed by atoms with Crippen LogP contribution in [0.3, 0.4) is 0 Å². The Balaban J connectivity index is 2.44. The van der Waals surface area contributed by atoms with Crippen LogP contribution in [0, 0.1) is 16.0 Å². The van der Waals surface area contributed by atoms with E-state index in [1.165, 1.54) is 18.2 Å². The predicted octanol–water partition coefficient (Wildman–Crippen LogP) is 3.08. The zero-order valence-electron chi connectivity index (χ0n) is 14.0. The molecule has 0 fully saturated rings. The van der Waals surface area contributed by atoms with E-state index in [-0.39, 0.29) is 28.8 Å². The number of halogens is 1. The number of allylic oxidation sites excluding steroid dienone is 1. The molecule has 1 aliphatic heterocycles. The van der Waals surface area contributed by atoms with E-state index in [4.69, 9.17) is 16.3 Å². The number of benzene rings is 1. The van der Waals surface area contributed by atoms with E-state index < -0.39 is 23.0 Å². The average molecular weight is 368 g/mol. The molecule has 1 unspecified atom stereocenters. The number of nitrogens with zero attached hydrogens (tertiary/aromatic N) is 1. The van der Waals surface area contributed by atoms with Gasteiger partial charge in [0, 0.05) is 11.8 Å². The van der Waals surface area contributed by atoms with Gasteiger partial charge in [0.15, 0.2) is 0 Å². The molecule has 134 valence electrons. The number of carbonyl (C=O) groups is 2. The molecule has 1 aliphatic rings. The molecule has 25 heavy (non-hydrogen) atoms. The first kappa shape index (κ1) is 18.7. The minimum absolute atomic E-state index is 0.0290. The number of rotatable bonds is 5. The van der Waals surface area contributed by atoms with Gasteiger partial charge in [-0.3, -0.25) is 10.1 Å². The Morgan fingerprint density at radius 3 is 2.72 bits per heavy atom. The van der Waals surface area contributed by atoms with E-state index in [1.54, 1.807) is 6.92 Å². The molecule has 9 heteroatoms. The van der Waals surface area contributed by atoms with E-state index in [9.17, 15) is 19.7 Å². The lowest BCUT2D eigenvalue weighted by Crippen LogP contribution is -2.45. The second kappa shape index (κ2) is 7.52. The van der Waals surface area contributed by atoms with Crippen molar-refractivity contribution in [1.82, 2.24) is 10.6 Å². The van der Waals surface area contributed by atoms with Crippen molar-refractivity contribution < 1.29 is 19.2 Å². The Morgan fingerprint density at radius 1 is 1.44 bits per heavy atom. The monoisotopic (exact) mass is 367 g/mol. The van der Waals surface area contributed by atoms with Crippen LogP contribution < -0.4 is 10.6 Å². The Kier molecular flexibility index (Phi) is 5.63. The highest BCUT2D eigenvalue weighted by atomic mass is 35.5. The first-order valence-electron chi connectivity index (χ1n) is 7.60. The Morgan fingerprint density at radius 2 is 2.12 bits per heavy atom. The van der Waals surface area contributed by atoms with E-state index in [2.05, 4.69) is 10.6 Å². The maximum Gasteiger partial charge on any atom is 0.338 e. The fourth-order valence-electron chi connectivity index (χ4n) is 2.38.